The normalized spacial score (nSPS) is 12.1. The first-order valence-corrected chi connectivity index (χ1v) is 7.16. The Hall–Kier alpha value is -1.62. The van der Waals surface area contributed by atoms with E-state index in [4.69, 9.17) is 4.74 Å². The van der Waals surface area contributed by atoms with Crippen LogP contribution < -0.4 is 10.1 Å². The molecule has 0 aliphatic carbocycles. The Morgan fingerprint density at radius 2 is 1.76 bits per heavy atom. The number of ether oxygens (including phenoxy) is 1. The van der Waals surface area contributed by atoms with Crippen molar-refractivity contribution in [1.29, 1.82) is 0 Å². The largest absolute Gasteiger partial charge is 0.478 e. The summed E-state index contributed by atoms with van der Waals surface area (Å²) < 4.78 is 18.5. The highest BCUT2D eigenvalue weighted by atomic mass is 19.1. The van der Waals surface area contributed by atoms with Crippen molar-refractivity contribution in [3.05, 3.63) is 30.1 Å². The minimum absolute atomic E-state index is 0.127. The molecule has 1 aromatic carbocycles. The molecule has 1 amide bonds. The molecule has 0 radical (unpaired) electrons. The van der Waals surface area contributed by atoms with Gasteiger partial charge in [0.1, 0.15) is 11.6 Å². The molecule has 118 valence electrons. The number of benzene rings is 1. The molecule has 0 aromatic heterocycles. The van der Waals surface area contributed by atoms with Crippen molar-refractivity contribution in [2.24, 2.45) is 0 Å². The minimum atomic E-state index is -1.12. The topological polar surface area (TPSA) is 58.6 Å². The van der Waals surface area contributed by atoms with Crippen molar-refractivity contribution >= 4 is 5.91 Å². The van der Waals surface area contributed by atoms with Gasteiger partial charge in [-0.3, -0.25) is 4.79 Å². The van der Waals surface area contributed by atoms with E-state index in [0.29, 0.717) is 18.6 Å². The SMILES string of the molecule is CCC(CC)(CO)NC(=O)C(C)(C)Oc1ccc(F)cc1. The molecule has 0 fully saturated rings. The molecule has 0 bridgehead atoms. The van der Waals surface area contributed by atoms with Crippen LogP contribution in [0.5, 0.6) is 5.75 Å². The molecular formula is C16H24FNO3. The van der Waals surface area contributed by atoms with Gasteiger partial charge in [-0.25, -0.2) is 4.39 Å². The predicted molar refractivity (Wildman–Crippen MR) is 79.6 cm³/mol. The maximum absolute atomic E-state index is 12.9. The van der Waals surface area contributed by atoms with Crippen LogP contribution in [0.2, 0.25) is 0 Å². The fourth-order valence-corrected chi connectivity index (χ4v) is 1.92. The zero-order valence-electron chi connectivity index (χ0n) is 13.1. The summed E-state index contributed by atoms with van der Waals surface area (Å²) in [6, 6.07) is 5.51. The first-order chi connectivity index (χ1) is 9.78. The van der Waals surface area contributed by atoms with Crippen LogP contribution in [-0.2, 0) is 4.79 Å². The van der Waals surface area contributed by atoms with Gasteiger partial charge in [-0.2, -0.15) is 0 Å². The van der Waals surface area contributed by atoms with Crippen LogP contribution in [0, 0.1) is 5.82 Å². The molecule has 0 unspecified atom stereocenters. The third kappa shape index (κ3) is 4.43. The highest BCUT2D eigenvalue weighted by Gasteiger charge is 2.36. The smallest absolute Gasteiger partial charge is 0.264 e. The number of nitrogens with one attached hydrogen (secondary N) is 1. The number of carbonyl (C=O) groups is 1. The van der Waals surface area contributed by atoms with Gasteiger partial charge in [0.05, 0.1) is 12.1 Å². The molecule has 0 heterocycles. The van der Waals surface area contributed by atoms with Crippen LogP contribution in [-0.4, -0.2) is 28.8 Å². The molecule has 0 saturated heterocycles. The van der Waals surface area contributed by atoms with Crippen LogP contribution >= 0.6 is 0 Å². The first kappa shape index (κ1) is 17.4. The van der Waals surface area contributed by atoms with Crippen molar-refractivity contribution < 1.29 is 19.0 Å². The third-order valence-electron chi connectivity index (χ3n) is 3.77. The summed E-state index contributed by atoms with van der Waals surface area (Å²) in [6.07, 6.45) is 1.25. The lowest BCUT2D eigenvalue weighted by Crippen LogP contribution is -2.57. The lowest BCUT2D eigenvalue weighted by molar-refractivity contribution is -0.137. The van der Waals surface area contributed by atoms with Gasteiger partial charge < -0.3 is 15.2 Å². The Kier molecular flexibility index (Phi) is 5.72. The molecule has 0 aliphatic heterocycles. The van der Waals surface area contributed by atoms with Crippen molar-refractivity contribution in [3.63, 3.8) is 0 Å². The molecule has 21 heavy (non-hydrogen) atoms. The summed E-state index contributed by atoms with van der Waals surface area (Å²) in [5.41, 5.74) is -1.76. The van der Waals surface area contributed by atoms with Gasteiger partial charge in [-0.15, -0.1) is 0 Å². The van der Waals surface area contributed by atoms with Gasteiger partial charge in [0.15, 0.2) is 5.60 Å². The van der Waals surface area contributed by atoms with Crippen molar-refractivity contribution in [1.82, 2.24) is 5.32 Å². The van der Waals surface area contributed by atoms with Crippen LogP contribution in [0.3, 0.4) is 0 Å². The van der Waals surface area contributed by atoms with E-state index < -0.39 is 11.1 Å². The van der Waals surface area contributed by atoms with Gasteiger partial charge in [0, 0.05) is 0 Å². The molecule has 5 heteroatoms. The number of carbonyl (C=O) groups excluding carboxylic acids is 1. The van der Waals surface area contributed by atoms with Gasteiger partial charge in [-0.05, 0) is 51.0 Å². The van der Waals surface area contributed by atoms with Crippen LogP contribution in [0.4, 0.5) is 4.39 Å². The van der Waals surface area contributed by atoms with Crippen molar-refractivity contribution in [2.45, 2.75) is 51.7 Å². The number of hydrogen-bond donors (Lipinski definition) is 2. The molecule has 4 nitrogen and oxygen atoms in total. The monoisotopic (exact) mass is 297 g/mol. The first-order valence-electron chi connectivity index (χ1n) is 7.16. The lowest BCUT2D eigenvalue weighted by atomic mass is 9.92. The fourth-order valence-electron chi connectivity index (χ4n) is 1.92. The second-order valence-electron chi connectivity index (χ2n) is 5.67. The van der Waals surface area contributed by atoms with E-state index in [-0.39, 0.29) is 18.3 Å². The average molecular weight is 297 g/mol. The van der Waals surface area contributed by atoms with Crippen LogP contribution in [0.25, 0.3) is 0 Å². The maximum Gasteiger partial charge on any atom is 0.264 e. The van der Waals surface area contributed by atoms with E-state index in [1.165, 1.54) is 24.3 Å². The summed E-state index contributed by atoms with van der Waals surface area (Å²) in [5.74, 6) is -0.260. The summed E-state index contributed by atoms with van der Waals surface area (Å²) in [5, 5.41) is 12.4. The second-order valence-corrected chi connectivity index (χ2v) is 5.67. The van der Waals surface area contributed by atoms with E-state index in [2.05, 4.69) is 5.32 Å². The maximum atomic E-state index is 12.9. The molecule has 0 saturated carbocycles. The Morgan fingerprint density at radius 1 is 1.24 bits per heavy atom. The molecule has 2 N–H and O–H groups in total. The fraction of sp³-hybridized carbons (Fsp3) is 0.562. The summed E-state index contributed by atoms with van der Waals surface area (Å²) in [7, 11) is 0. The number of aliphatic hydroxyl groups excluding tert-OH is 1. The highest BCUT2D eigenvalue weighted by Crippen LogP contribution is 2.21. The van der Waals surface area contributed by atoms with Crippen LogP contribution in [0.1, 0.15) is 40.5 Å². The molecular weight excluding hydrogens is 273 g/mol. The Labute approximate surface area is 125 Å². The minimum Gasteiger partial charge on any atom is -0.478 e. The summed E-state index contributed by atoms with van der Waals surface area (Å²) in [4.78, 5) is 12.4. The average Bonchev–Trinajstić information content (AvgIpc) is 2.47. The molecule has 1 aromatic rings. The lowest BCUT2D eigenvalue weighted by Gasteiger charge is -2.35. The molecule has 0 aliphatic rings. The van der Waals surface area contributed by atoms with Gasteiger partial charge in [0.25, 0.3) is 5.91 Å². The van der Waals surface area contributed by atoms with Gasteiger partial charge in [0.2, 0.25) is 0 Å². The molecule has 0 atom stereocenters. The zero-order valence-corrected chi connectivity index (χ0v) is 13.1. The Morgan fingerprint density at radius 3 is 2.19 bits per heavy atom. The van der Waals surface area contributed by atoms with E-state index in [9.17, 15) is 14.3 Å². The summed E-state index contributed by atoms with van der Waals surface area (Å²) >= 11 is 0. The summed E-state index contributed by atoms with van der Waals surface area (Å²) in [6.45, 7) is 6.97. The van der Waals surface area contributed by atoms with E-state index in [0.717, 1.165) is 0 Å². The van der Waals surface area contributed by atoms with Crippen molar-refractivity contribution in [3.8, 4) is 5.75 Å². The van der Waals surface area contributed by atoms with E-state index in [1.54, 1.807) is 13.8 Å². The standard InChI is InChI=1S/C16H24FNO3/c1-5-16(6-2,11-19)18-14(20)15(3,4)21-13-9-7-12(17)8-10-13/h7-10,19H,5-6,11H2,1-4H3,(H,18,20). The highest BCUT2D eigenvalue weighted by molar-refractivity contribution is 5.85. The van der Waals surface area contributed by atoms with Crippen LogP contribution in [0.15, 0.2) is 24.3 Å². The number of halogens is 1. The quantitative estimate of drug-likeness (QED) is 0.813. The number of hydrogen-bond acceptors (Lipinski definition) is 3. The molecule has 0 spiro atoms. The van der Waals surface area contributed by atoms with Crippen molar-refractivity contribution in [2.75, 3.05) is 6.61 Å². The second kappa shape index (κ2) is 6.89. The number of amides is 1. The van der Waals surface area contributed by atoms with E-state index in [1.807, 2.05) is 13.8 Å². The number of aliphatic hydroxyl groups is 1. The van der Waals surface area contributed by atoms with Gasteiger partial charge >= 0.3 is 0 Å². The van der Waals surface area contributed by atoms with Gasteiger partial charge in [-0.1, -0.05) is 13.8 Å². The third-order valence-corrected chi connectivity index (χ3v) is 3.77. The zero-order chi connectivity index (χ0) is 16.1. The Balaban J connectivity index is 2.81. The predicted octanol–water partition coefficient (Wildman–Crippen LogP) is 2.65. The Bertz CT molecular complexity index is 459. The number of rotatable bonds is 7. The van der Waals surface area contributed by atoms with E-state index >= 15 is 0 Å². The molecule has 1 rings (SSSR count).